The van der Waals surface area contributed by atoms with Crippen LogP contribution in [-0.2, 0) is 14.8 Å². The summed E-state index contributed by atoms with van der Waals surface area (Å²) in [6.07, 6.45) is 1.75. The van der Waals surface area contributed by atoms with Crippen molar-refractivity contribution in [2.45, 2.75) is 45.6 Å². The quantitative estimate of drug-likeness (QED) is 0.658. The van der Waals surface area contributed by atoms with Crippen LogP contribution in [0.2, 0.25) is 0 Å². The van der Waals surface area contributed by atoms with E-state index in [1.165, 1.54) is 12.1 Å². The average Bonchev–Trinajstić information content (AvgIpc) is 3.04. The number of aliphatic carboxylic acids is 1. The summed E-state index contributed by atoms with van der Waals surface area (Å²) in [6, 6.07) is 8.50. The van der Waals surface area contributed by atoms with Crippen LogP contribution in [0.5, 0.6) is 0 Å². The third-order valence-electron chi connectivity index (χ3n) is 4.69. The summed E-state index contributed by atoms with van der Waals surface area (Å²) in [5.74, 6) is -1.21. The van der Waals surface area contributed by atoms with Gasteiger partial charge in [0.1, 0.15) is 6.04 Å². The molecule has 3 aromatic rings. The maximum absolute atomic E-state index is 13.7. The zero-order valence-corrected chi connectivity index (χ0v) is 17.9. The minimum absolute atomic E-state index is 0.0205. The zero-order chi connectivity index (χ0) is 21.6. The van der Waals surface area contributed by atoms with E-state index in [1.807, 2.05) is 6.07 Å². The molecule has 0 aliphatic carbocycles. The molecule has 1 aromatic carbocycles. The lowest BCUT2D eigenvalue weighted by Crippen LogP contribution is -2.52. The Labute approximate surface area is 170 Å². The molecule has 0 radical (unpaired) electrons. The second-order valence-corrected chi connectivity index (χ2v) is 10.1. The predicted octanol–water partition coefficient (Wildman–Crippen LogP) is 3.87. The number of aryl methyl sites for hydroxylation is 2. The normalized spacial score (nSPS) is 13.4. The summed E-state index contributed by atoms with van der Waals surface area (Å²) in [4.78, 5) is 19.6. The summed E-state index contributed by atoms with van der Waals surface area (Å²) >= 11 is 0. The van der Waals surface area contributed by atoms with Crippen molar-refractivity contribution in [2.75, 3.05) is 4.31 Å². The first-order valence-electron chi connectivity index (χ1n) is 9.21. The third kappa shape index (κ3) is 3.98. The van der Waals surface area contributed by atoms with E-state index in [0.717, 1.165) is 15.2 Å². The number of hydrogen-bond donors (Lipinski definition) is 2. The number of carboxylic acids is 1. The number of H-pyrrole nitrogens is 1. The monoisotopic (exact) mass is 415 g/mol. The van der Waals surface area contributed by atoms with E-state index in [0.29, 0.717) is 17.1 Å². The number of aromatic nitrogens is 2. The number of hydrogen-bond acceptors (Lipinski definition) is 4. The van der Waals surface area contributed by atoms with Gasteiger partial charge < -0.3 is 10.1 Å². The molecule has 0 fully saturated rings. The number of carboxylic acid groups (broad SMARTS) is 1. The molecule has 0 amide bonds. The number of benzene rings is 1. The Morgan fingerprint density at radius 1 is 1.10 bits per heavy atom. The number of nitrogens with zero attached hydrogens (tertiary/aromatic N) is 2. The van der Waals surface area contributed by atoms with Gasteiger partial charge in [0, 0.05) is 28.5 Å². The van der Waals surface area contributed by atoms with Crippen molar-refractivity contribution in [1.82, 2.24) is 9.97 Å². The smallest absolute Gasteiger partial charge is 0.328 e. The SMILES string of the molecule is Cc1cc(S(=O)(=O)N(c2ccc3[nH]ccc3c2)C(C(=O)O)C(C)(C)C)cc(C)n1. The first-order valence-corrected chi connectivity index (χ1v) is 10.6. The molecule has 154 valence electrons. The van der Waals surface area contributed by atoms with Crippen LogP contribution in [0.4, 0.5) is 5.69 Å². The molecule has 0 aliphatic rings. The summed E-state index contributed by atoms with van der Waals surface area (Å²) in [5, 5.41) is 10.8. The van der Waals surface area contributed by atoms with Gasteiger partial charge >= 0.3 is 5.97 Å². The fourth-order valence-electron chi connectivity index (χ4n) is 3.49. The highest BCUT2D eigenvalue weighted by Gasteiger charge is 2.43. The third-order valence-corrected chi connectivity index (χ3v) is 6.46. The van der Waals surface area contributed by atoms with Gasteiger partial charge in [0.05, 0.1) is 10.6 Å². The van der Waals surface area contributed by atoms with Crippen LogP contribution in [0.25, 0.3) is 10.9 Å². The molecule has 7 nitrogen and oxygen atoms in total. The van der Waals surface area contributed by atoms with Gasteiger partial charge in [-0.25, -0.2) is 13.2 Å². The van der Waals surface area contributed by atoms with Gasteiger partial charge in [0.15, 0.2) is 0 Å². The first-order chi connectivity index (χ1) is 13.4. The molecule has 0 bridgehead atoms. The highest BCUT2D eigenvalue weighted by Crippen LogP contribution is 2.35. The lowest BCUT2D eigenvalue weighted by Gasteiger charge is -2.37. The second-order valence-electron chi connectivity index (χ2n) is 8.24. The van der Waals surface area contributed by atoms with E-state index >= 15 is 0 Å². The highest BCUT2D eigenvalue weighted by molar-refractivity contribution is 7.93. The summed E-state index contributed by atoms with van der Waals surface area (Å²) in [7, 11) is -4.18. The van der Waals surface area contributed by atoms with Crippen molar-refractivity contribution in [3.63, 3.8) is 0 Å². The number of fused-ring (bicyclic) bond motifs is 1. The maximum Gasteiger partial charge on any atom is 0.328 e. The number of nitrogens with one attached hydrogen (secondary N) is 1. The molecule has 29 heavy (non-hydrogen) atoms. The molecule has 2 aromatic heterocycles. The molecule has 0 saturated heterocycles. The number of pyridine rings is 1. The zero-order valence-electron chi connectivity index (χ0n) is 17.1. The molecular weight excluding hydrogens is 390 g/mol. The van der Waals surface area contributed by atoms with Crippen molar-refractivity contribution in [2.24, 2.45) is 5.41 Å². The van der Waals surface area contributed by atoms with Gasteiger partial charge in [-0.15, -0.1) is 0 Å². The van der Waals surface area contributed by atoms with Crippen molar-refractivity contribution >= 4 is 32.6 Å². The van der Waals surface area contributed by atoms with Crippen LogP contribution in [0.1, 0.15) is 32.2 Å². The first kappa shape index (κ1) is 20.9. The Hall–Kier alpha value is -2.87. The lowest BCUT2D eigenvalue weighted by atomic mass is 9.86. The van der Waals surface area contributed by atoms with E-state index in [1.54, 1.807) is 59.0 Å². The number of rotatable bonds is 5. The van der Waals surface area contributed by atoms with Crippen molar-refractivity contribution in [3.05, 3.63) is 54.0 Å². The van der Waals surface area contributed by atoms with Crippen LogP contribution in [0, 0.1) is 19.3 Å². The number of carbonyl (C=O) groups is 1. The van der Waals surface area contributed by atoms with Crippen molar-refractivity contribution < 1.29 is 18.3 Å². The topological polar surface area (TPSA) is 103 Å². The van der Waals surface area contributed by atoms with Gasteiger partial charge in [-0.3, -0.25) is 9.29 Å². The molecule has 0 saturated carbocycles. The van der Waals surface area contributed by atoms with Crippen molar-refractivity contribution in [3.8, 4) is 0 Å². The summed E-state index contributed by atoms with van der Waals surface area (Å²) in [5.41, 5.74) is 1.37. The van der Waals surface area contributed by atoms with Gasteiger partial charge in [-0.05, 0) is 55.7 Å². The van der Waals surface area contributed by atoms with Crippen LogP contribution in [0.15, 0.2) is 47.5 Å². The van der Waals surface area contributed by atoms with Gasteiger partial charge in [0.2, 0.25) is 0 Å². The van der Waals surface area contributed by atoms with Gasteiger partial charge in [-0.1, -0.05) is 20.8 Å². The lowest BCUT2D eigenvalue weighted by molar-refractivity contribution is -0.140. The van der Waals surface area contributed by atoms with Crippen LogP contribution < -0.4 is 4.31 Å². The molecule has 8 heteroatoms. The molecule has 1 unspecified atom stereocenters. The van der Waals surface area contributed by atoms with Crippen LogP contribution in [0.3, 0.4) is 0 Å². The van der Waals surface area contributed by atoms with E-state index in [-0.39, 0.29) is 4.90 Å². The predicted molar refractivity (Wildman–Crippen MR) is 113 cm³/mol. The Balaban J connectivity index is 2.30. The summed E-state index contributed by atoms with van der Waals surface area (Å²) in [6.45, 7) is 8.56. The number of sulfonamides is 1. The fourth-order valence-corrected chi connectivity index (χ4v) is 5.43. The molecule has 0 aliphatic heterocycles. The highest BCUT2D eigenvalue weighted by atomic mass is 32.2. The van der Waals surface area contributed by atoms with Gasteiger partial charge in [0.25, 0.3) is 10.0 Å². The number of aromatic amines is 1. The van der Waals surface area contributed by atoms with Crippen LogP contribution in [-0.4, -0.2) is 35.5 Å². The van der Waals surface area contributed by atoms with E-state index < -0.39 is 27.4 Å². The van der Waals surface area contributed by atoms with Crippen LogP contribution >= 0.6 is 0 Å². The minimum atomic E-state index is -4.18. The van der Waals surface area contributed by atoms with E-state index in [2.05, 4.69) is 9.97 Å². The van der Waals surface area contributed by atoms with Gasteiger partial charge in [-0.2, -0.15) is 0 Å². The standard InChI is InChI=1S/C21H25N3O4S/c1-13-10-17(11-14(2)23-13)29(27,28)24(19(20(25)26)21(3,4)5)16-6-7-18-15(12-16)8-9-22-18/h6-12,19,22H,1-5H3,(H,25,26). The average molecular weight is 416 g/mol. The molecule has 1 atom stereocenters. The Bertz CT molecular complexity index is 1160. The van der Waals surface area contributed by atoms with E-state index in [9.17, 15) is 18.3 Å². The largest absolute Gasteiger partial charge is 0.480 e. The minimum Gasteiger partial charge on any atom is -0.480 e. The Kier molecular flexibility index (Phi) is 5.17. The molecule has 2 N–H and O–H groups in total. The fraction of sp³-hybridized carbons (Fsp3) is 0.333. The number of anilines is 1. The molecular formula is C21H25N3O4S. The molecule has 3 rings (SSSR count). The van der Waals surface area contributed by atoms with Crippen molar-refractivity contribution in [1.29, 1.82) is 0 Å². The second kappa shape index (κ2) is 7.18. The summed E-state index contributed by atoms with van der Waals surface area (Å²) < 4.78 is 28.5. The van der Waals surface area contributed by atoms with E-state index in [4.69, 9.17) is 0 Å². The maximum atomic E-state index is 13.7. The molecule has 2 heterocycles. The Morgan fingerprint density at radius 2 is 1.72 bits per heavy atom. The Morgan fingerprint density at radius 3 is 2.28 bits per heavy atom. The molecule has 0 spiro atoms.